The molecule has 0 aromatic heterocycles. The number of hydrogen-bond donors (Lipinski definition) is 1. The van der Waals surface area contributed by atoms with Gasteiger partial charge in [0.25, 0.3) is 0 Å². The minimum atomic E-state index is -0.800. The van der Waals surface area contributed by atoms with Crippen molar-refractivity contribution in [2.24, 2.45) is 5.92 Å². The number of carbonyl (C=O) groups is 2. The van der Waals surface area contributed by atoms with Crippen LogP contribution < -0.4 is 0 Å². The van der Waals surface area contributed by atoms with E-state index in [1.807, 2.05) is 0 Å². The van der Waals surface area contributed by atoms with E-state index in [1.165, 1.54) is 57.8 Å². The number of aliphatic hydroxyl groups excluding tert-OH is 1. The predicted molar refractivity (Wildman–Crippen MR) is 172 cm³/mol. The zero-order valence-electron chi connectivity index (χ0n) is 27.1. The van der Waals surface area contributed by atoms with Crippen molar-refractivity contribution in [2.75, 3.05) is 13.2 Å². The van der Waals surface area contributed by atoms with Gasteiger partial charge in [-0.25, -0.2) is 0 Å². The Morgan fingerprint density at radius 1 is 0.786 bits per heavy atom. The lowest BCUT2D eigenvalue weighted by Gasteiger charge is -2.15. The van der Waals surface area contributed by atoms with E-state index in [1.54, 1.807) is 0 Å². The Morgan fingerprint density at radius 3 is 2.17 bits per heavy atom. The summed E-state index contributed by atoms with van der Waals surface area (Å²) >= 11 is 0. The lowest BCUT2D eigenvalue weighted by atomic mass is 10.00. The summed E-state index contributed by atoms with van der Waals surface area (Å²) in [4.78, 5) is 24.1. The third kappa shape index (κ3) is 22.6. The molecule has 1 aliphatic heterocycles. The molecule has 0 spiro atoms. The van der Waals surface area contributed by atoms with Gasteiger partial charge in [0.1, 0.15) is 6.61 Å². The van der Waals surface area contributed by atoms with Gasteiger partial charge >= 0.3 is 11.9 Å². The van der Waals surface area contributed by atoms with E-state index in [2.05, 4.69) is 57.2 Å². The molecular formula is C36H62O6. The smallest absolute Gasteiger partial charge is 0.306 e. The van der Waals surface area contributed by atoms with Crippen molar-refractivity contribution >= 4 is 11.9 Å². The van der Waals surface area contributed by atoms with Gasteiger partial charge in [0.05, 0.1) is 18.8 Å². The Morgan fingerprint density at radius 2 is 1.45 bits per heavy atom. The van der Waals surface area contributed by atoms with Gasteiger partial charge < -0.3 is 19.3 Å². The van der Waals surface area contributed by atoms with Crippen LogP contribution in [-0.4, -0.2) is 48.6 Å². The number of unbranched alkanes of at least 4 members (excludes halogenated alkanes) is 8. The first-order valence-electron chi connectivity index (χ1n) is 17.1. The predicted octanol–water partition coefficient (Wildman–Crippen LogP) is 8.96. The average Bonchev–Trinajstić information content (AvgIpc) is 3.74. The molecule has 6 nitrogen and oxygen atoms in total. The molecule has 0 aromatic rings. The van der Waals surface area contributed by atoms with E-state index in [9.17, 15) is 14.7 Å². The Bertz CT molecular complexity index is 758. The fourth-order valence-corrected chi connectivity index (χ4v) is 4.79. The van der Waals surface area contributed by atoms with Crippen LogP contribution in [0.5, 0.6) is 0 Å². The van der Waals surface area contributed by atoms with Gasteiger partial charge in [0.2, 0.25) is 0 Å². The molecule has 6 heteroatoms. The molecule has 242 valence electrons. The van der Waals surface area contributed by atoms with Crippen LogP contribution in [0.25, 0.3) is 0 Å². The molecule has 0 aliphatic carbocycles. The highest BCUT2D eigenvalue weighted by molar-refractivity contribution is 5.70. The first-order valence-corrected chi connectivity index (χ1v) is 17.1. The van der Waals surface area contributed by atoms with Gasteiger partial charge in [0.15, 0.2) is 6.10 Å². The second kappa shape index (κ2) is 26.7. The molecule has 1 saturated heterocycles. The fraction of sp³-hybridized carbons (Fsp3) is 0.778. The van der Waals surface area contributed by atoms with Gasteiger partial charge in [-0.2, -0.15) is 0 Å². The summed E-state index contributed by atoms with van der Waals surface area (Å²) in [6.07, 6.45) is 32.4. The number of hydrogen-bond acceptors (Lipinski definition) is 6. The minimum absolute atomic E-state index is 0.0912. The molecule has 0 saturated carbocycles. The third-order valence-corrected chi connectivity index (χ3v) is 7.90. The van der Waals surface area contributed by atoms with E-state index in [0.29, 0.717) is 25.0 Å². The zero-order chi connectivity index (χ0) is 30.7. The number of ether oxygens (including phenoxy) is 3. The second-order valence-corrected chi connectivity index (χ2v) is 11.9. The molecule has 0 radical (unpaired) electrons. The van der Waals surface area contributed by atoms with E-state index < -0.39 is 6.10 Å². The second-order valence-electron chi connectivity index (χ2n) is 11.9. The number of allylic oxidation sites excluding steroid dienone is 5. The van der Waals surface area contributed by atoms with Crippen LogP contribution in [0.15, 0.2) is 36.5 Å². The molecule has 3 unspecified atom stereocenters. The summed E-state index contributed by atoms with van der Waals surface area (Å²) in [5.41, 5.74) is 0. The maximum atomic E-state index is 12.1. The van der Waals surface area contributed by atoms with Crippen molar-refractivity contribution in [2.45, 2.75) is 161 Å². The van der Waals surface area contributed by atoms with Crippen LogP contribution >= 0.6 is 0 Å². The molecule has 1 fully saturated rings. The van der Waals surface area contributed by atoms with E-state index in [-0.39, 0.29) is 31.6 Å². The van der Waals surface area contributed by atoms with Gasteiger partial charge in [-0.1, -0.05) is 121 Å². The van der Waals surface area contributed by atoms with Crippen molar-refractivity contribution in [3.63, 3.8) is 0 Å². The highest BCUT2D eigenvalue weighted by Gasteiger charge is 2.36. The van der Waals surface area contributed by atoms with Crippen LogP contribution in [0, 0.1) is 5.92 Å². The zero-order valence-corrected chi connectivity index (χ0v) is 27.1. The molecule has 1 N–H and O–H groups in total. The van der Waals surface area contributed by atoms with Crippen LogP contribution in [0.2, 0.25) is 0 Å². The normalized spacial score (nSPS) is 18.2. The topological polar surface area (TPSA) is 85.4 Å². The summed E-state index contributed by atoms with van der Waals surface area (Å²) in [6, 6.07) is 0. The van der Waals surface area contributed by atoms with Crippen LogP contribution in [0.3, 0.4) is 0 Å². The Labute approximate surface area is 257 Å². The summed E-state index contributed by atoms with van der Waals surface area (Å²) in [5, 5.41) is 9.49. The number of epoxide rings is 1. The Balaban J connectivity index is 1.97. The summed E-state index contributed by atoms with van der Waals surface area (Å²) in [7, 11) is 0. The first kappa shape index (κ1) is 38.1. The highest BCUT2D eigenvalue weighted by Crippen LogP contribution is 2.30. The van der Waals surface area contributed by atoms with Gasteiger partial charge in [0, 0.05) is 12.8 Å². The van der Waals surface area contributed by atoms with Crippen molar-refractivity contribution < 1.29 is 28.9 Å². The van der Waals surface area contributed by atoms with Crippen LogP contribution in [-0.2, 0) is 23.8 Å². The molecule has 0 bridgehead atoms. The minimum Gasteiger partial charge on any atom is -0.462 e. The molecular weight excluding hydrogens is 528 g/mol. The number of carbonyl (C=O) groups excluding carboxylic acids is 2. The van der Waals surface area contributed by atoms with E-state index >= 15 is 0 Å². The van der Waals surface area contributed by atoms with Gasteiger partial charge in [-0.15, -0.1) is 0 Å². The lowest BCUT2D eigenvalue weighted by Crippen LogP contribution is -2.28. The lowest BCUT2D eigenvalue weighted by molar-refractivity contribution is -0.161. The molecule has 42 heavy (non-hydrogen) atoms. The largest absolute Gasteiger partial charge is 0.462 e. The van der Waals surface area contributed by atoms with Crippen LogP contribution in [0.4, 0.5) is 0 Å². The number of aliphatic hydroxyl groups is 1. The molecule has 0 aromatic carbocycles. The summed E-state index contributed by atoms with van der Waals surface area (Å²) in [5.74, 6) is 0.152. The molecule has 1 heterocycles. The van der Waals surface area contributed by atoms with Crippen molar-refractivity contribution in [3.8, 4) is 0 Å². The molecule has 1 aliphatic rings. The highest BCUT2D eigenvalue weighted by atomic mass is 16.6. The number of esters is 2. The standard InChI is InChI=1S/C36H62O6/c1-4-6-19-25-33-34(42-33)26-21-16-11-9-7-8-10-12-18-23-28-36(39)41-32(29-37)30-40-35(38)27-22-17-14-13-15-20-24-31(3)5-2/h7,9-10,12,16,21,31-34,37H,4-6,8,11,13-15,17-20,22-30H2,1-3H3/b9-7-,12-10-,21-16-/t31?,32-,33?,34?/m0/s1. The number of rotatable bonds is 28. The van der Waals surface area contributed by atoms with Crippen molar-refractivity contribution in [1.29, 1.82) is 0 Å². The fourth-order valence-electron chi connectivity index (χ4n) is 4.79. The third-order valence-electron chi connectivity index (χ3n) is 7.90. The molecule has 4 atom stereocenters. The maximum absolute atomic E-state index is 12.1. The monoisotopic (exact) mass is 590 g/mol. The average molecular weight is 591 g/mol. The Kier molecular flexibility index (Phi) is 24.2. The molecule has 0 amide bonds. The summed E-state index contributed by atoms with van der Waals surface area (Å²) in [6.45, 7) is 6.34. The SMILES string of the molecule is CCCCCC1OC1C/C=C\C/C=C\C/C=C\CCCC(=O)O[C@@H](CO)COC(=O)CCCCCCCCC(C)CC. The quantitative estimate of drug-likeness (QED) is 0.0424. The maximum Gasteiger partial charge on any atom is 0.306 e. The van der Waals surface area contributed by atoms with Gasteiger partial charge in [-0.05, 0) is 50.9 Å². The van der Waals surface area contributed by atoms with Crippen molar-refractivity contribution in [3.05, 3.63) is 36.5 Å². The van der Waals surface area contributed by atoms with E-state index in [0.717, 1.165) is 50.9 Å². The summed E-state index contributed by atoms with van der Waals surface area (Å²) < 4.78 is 16.2. The van der Waals surface area contributed by atoms with Gasteiger partial charge in [-0.3, -0.25) is 9.59 Å². The Hall–Kier alpha value is -1.92. The first-order chi connectivity index (χ1) is 20.5. The molecule has 1 rings (SSSR count). The van der Waals surface area contributed by atoms with E-state index in [4.69, 9.17) is 14.2 Å². The van der Waals surface area contributed by atoms with Crippen molar-refractivity contribution in [1.82, 2.24) is 0 Å². The van der Waals surface area contributed by atoms with Crippen LogP contribution in [0.1, 0.15) is 143 Å².